The highest BCUT2D eigenvalue weighted by Crippen LogP contribution is 2.31. The molecule has 120 valence electrons. The van der Waals surface area contributed by atoms with E-state index in [9.17, 15) is 14.9 Å². The average Bonchev–Trinajstić information content (AvgIpc) is 2.54. The van der Waals surface area contributed by atoms with Crippen LogP contribution in [0.25, 0.3) is 0 Å². The number of carbonyl (C=O) groups is 1. The second-order valence-corrected chi connectivity index (χ2v) is 4.65. The molecule has 0 amide bonds. The molecule has 0 aliphatic heterocycles. The molecule has 1 N–H and O–H groups in total. The lowest BCUT2D eigenvalue weighted by atomic mass is 10.2. The number of benzene rings is 1. The van der Waals surface area contributed by atoms with Crippen LogP contribution in [0.3, 0.4) is 0 Å². The molecule has 0 aliphatic rings. The van der Waals surface area contributed by atoms with E-state index in [-0.39, 0.29) is 11.4 Å². The Balaban J connectivity index is 2.34. The largest absolute Gasteiger partial charge is 0.496 e. The van der Waals surface area contributed by atoms with Gasteiger partial charge in [-0.05, 0) is 30.7 Å². The van der Waals surface area contributed by atoms with Crippen LogP contribution in [0.15, 0.2) is 30.5 Å². The SMILES string of the molecule is COC(=O)c1ncc(Nc2ccc(OC)cc2[N+](=O)[O-])cc1C. The maximum atomic E-state index is 11.5. The lowest BCUT2D eigenvalue weighted by Gasteiger charge is -2.10. The summed E-state index contributed by atoms with van der Waals surface area (Å²) in [6.07, 6.45) is 1.41. The lowest BCUT2D eigenvalue weighted by molar-refractivity contribution is -0.384. The Hall–Kier alpha value is -3.16. The molecule has 0 fully saturated rings. The van der Waals surface area contributed by atoms with E-state index < -0.39 is 10.9 Å². The minimum Gasteiger partial charge on any atom is -0.496 e. The van der Waals surface area contributed by atoms with Crippen molar-refractivity contribution in [3.63, 3.8) is 0 Å². The Kier molecular flexibility index (Phi) is 4.75. The van der Waals surface area contributed by atoms with Gasteiger partial charge in [-0.1, -0.05) is 0 Å². The molecule has 0 atom stereocenters. The fraction of sp³-hybridized carbons (Fsp3) is 0.200. The highest BCUT2D eigenvalue weighted by molar-refractivity contribution is 5.89. The Morgan fingerprint density at radius 3 is 2.61 bits per heavy atom. The number of nitrogens with one attached hydrogen (secondary N) is 1. The number of nitrogens with zero attached hydrogens (tertiary/aromatic N) is 2. The summed E-state index contributed by atoms with van der Waals surface area (Å²) in [6.45, 7) is 1.70. The topological polar surface area (TPSA) is 104 Å². The maximum Gasteiger partial charge on any atom is 0.356 e. The van der Waals surface area contributed by atoms with Crippen molar-refractivity contribution in [2.24, 2.45) is 0 Å². The summed E-state index contributed by atoms with van der Waals surface area (Å²) in [5.74, 6) is -0.151. The molecule has 1 aromatic carbocycles. The number of nitro benzene ring substituents is 1. The number of ether oxygens (including phenoxy) is 2. The molecule has 1 aromatic heterocycles. The van der Waals surface area contributed by atoms with Gasteiger partial charge in [0, 0.05) is 0 Å². The Labute approximate surface area is 132 Å². The molecule has 0 aliphatic carbocycles. The van der Waals surface area contributed by atoms with E-state index in [2.05, 4.69) is 15.0 Å². The van der Waals surface area contributed by atoms with Gasteiger partial charge in [-0.2, -0.15) is 0 Å². The number of hydrogen-bond acceptors (Lipinski definition) is 7. The van der Waals surface area contributed by atoms with Crippen molar-refractivity contribution >= 4 is 23.0 Å². The number of aryl methyl sites for hydroxylation is 1. The van der Waals surface area contributed by atoms with E-state index in [0.717, 1.165) is 0 Å². The monoisotopic (exact) mass is 317 g/mol. The Bertz CT molecular complexity index is 761. The zero-order valence-electron chi connectivity index (χ0n) is 12.8. The van der Waals surface area contributed by atoms with Crippen LogP contribution in [0.4, 0.5) is 17.1 Å². The zero-order valence-corrected chi connectivity index (χ0v) is 12.8. The molecule has 23 heavy (non-hydrogen) atoms. The summed E-state index contributed by atoms with van der Waals surface area (Å²) in [4.78, 5) is 26.2. The lowest BCUT2D eigenvalue weighted by Crippen LogP contribution is -2.07. The van der Waals surface area contributed by atoms with E-state index in [1.807, 2.05) is 0 Å². The van der Waals surface area contributed by atoms with Crippen molar-refractivity contribution in [3.8, 4) is 5.75 Å². The van der Waals surface area contributed by atoms with Gasteiger partial charge in [0.2, 0.25) is 0 Å². The summed E-state index contributed by atoms with van der Waals surface area (Å²) in [6, 6.07) is 6.14. The zero-order chi connectivity index (χ0) is 17.0. The van der Waals surface area contributed by atoms with Gasteiger partial charge < -0.3 is 14.8 Å². The first-order valence-electron chi connectivity index (χ1n) is 6.60. The van der Waals surface area contributed by atoms with Crippen molar-refractivity contribution in [1.29, 1.82) is 0 Å². The standard InChI is InChI=1S/C15H15N3O5/c1-9-6-10(8-16-14(9)15(19)23-3)17-12-5-4-11(22-2)7-13(12)18(20)21/h4-8,17H,1-3H3. The maximum absolute atomic E-state index is 11.5. The van der Waals surface area contributed by atoms with Crippen LogP contribution < -0.4 is 10.1 Å². The molecule has 8 heteroatoms. The predicted octanol–water partition coefficient (Wildman–Crippen LogP) is 2.84. The number of anilines is 2. The number of carbonyl (C=O) groups excluding carboxylic acids is 1. The summed E-state index contributed by atoms with van der Waals surface area (Å²) in [5.41, 5.74) is 1.48. The number of pyridine rings is 1. The molecular formula is C15H15N3O5. The first-order chi connectivity index (χ1) is 11.0. The molecule has 0 spiro atoms. The smallest absolute Gasteiger partial charge is 0.356 e. The van der Waals surface area contributed by atoms with Gasteiger partial charge in [0.05, 0.1) is 37.1 Å². The third-order valence-corrected chi connectivity index (χ3v) is 3.14. The van der Waals surface area contributed by atoms with Gasteiger partial charge >= 0.3 is 5.97 Å². The van der Waals surface area contributed by atoms with Gasteiger partial charge in [-0.25, -0.2) is 9.78 Å². The highest BCUT2D eigenvalue weighted by atomic mass is 16.6. The predicted molar refractivity (Wildman–Crippen MR) is 83.2 cm³/mol. The molecule has 0 saturated heterocycles. The van der Waals surface area contributed by atoms with Crippen molar-refractivity contribution in [3.05, 3.63) is 51.8 Å². The summed E-state index contributed by atoms with van der Waals surface area (Å²) in [5, 5.41) is 14.1. The molecule has 1 heterocycles. The van der Waals surface area contributed by atoms with E-state index in [0.29, 0.717) is 22.7 Å². The fourth-order valence-corrected chi connectivity index (χ4v) is 2.00. The van der Waals surface area contributed by atoms with Crippen molar-refractivity contribution < 1.29 is 19.2 Å². The number of aromatic nitrogens is 1. The number of rotatable bonds is 5. The molecule has 8 nitrogen and oxygen atoms in total. The van der Waals surface area contributed by atoms with Gasteiger partial charge in [0.15, 0.2) is 5.69 Å². The molecular weight excluding hydrogens is 302 g/mol. The van der Waals surface area contributed by atoms with Crippen LogP contribution in [0.5, 0.6) is 5.75 Å². The van der Waals surface area contributed by atoms with E-state index in [1.54, 1.807) is 25.1 Å². The molecule has 2 rings (SSSR count). The fourth-order valence-electron chi connectivity index (χ4n) is 2.00. The molecule has 0 saturated carbocycles. The van der Waals surface area contributed by atoms with Crippen molar-refractivity contribution in [2.75, 3.05) is 19.5 Å². The van der Waals surface area contributed by atoms with Gasteiger partial charge in [0.1, 0.15) is 11.4 Å². The van der Waals surface area contributed by atoms with Gasteiger partial charge in [-0.3, -0.25) is 10.1 Å². The minimum atomic E-state index is -0.538. The average molecular weight is 317 g/mol. The Morgan fingerprint density at radius 2 is 2.04 bits per heavy atom. The third-order valence-electron chi connectivity index (χ3n) is 3.14. The number of esters is 1. The normalized spacial score (nSPS) is 10.0. The van der Waals surface area contributed by atoms with Crippen LogP contribution in [0, 0.1) is 17.0 Å². The number of hydrogen-bond donors (Lipinski definition) is 1. The second kappa shape index (κ2) is 6.73. The number of nitro groups is 1. The molecule has 0 radical (unpaired) electrons. The third kappa shape index (κ3) is 3.54. The summed E-state index contributed by atoms with van der Waals surface area (Å²) >= 11 is 0. The second-order valence-electron chi connectivity index (χ2n) is 4.65. The van der Waals surface area contributed by atoms with E-state index >= 15 is 0 Å². The van der Waals surface area contributed by atoms with Crippen molar-refractivity contribution in [1.82, 2.24) is 4.98 Å². The molecule has 0 bridgehead atoms. The molecule has 0 unspecified atom stereocenters. The van der Waals surface area contributed by atoms with Crippen LogP contribution in [-0.4, -0.2) is 30.1 Å². The first-order valence-corrected chi connectivity index (χ1v) is 6.60. The number of methoxy groups -OCH3 is 2. The van der Waals surface area contributed by atoms with Gasteiger partial charge in [0.25, 0.3) is 5.69 Å². The van der Waals surface area contributed by atoms with E-state index in [4.69, 9.17) is 4.74 Å². The van der Waals surface area contributed by atoms with Crippen LogP contribution >= 0.6 is 0 Å². The highest BCUT2D eigenvalue weighted by Gasteiger charge is 2.17. The Morgan fingerprint density at radius 1 is 1.30 bits per heavy atom. The van der Waals surface area contributed by atoms with Crippen LogP contribution in [0.2, 0.25) is 0 Å². The first kappa shape index (κ1) is 16.2. The van der Waals surface area contributed by atoms with E-state index in [1.165, 1.54) is 26.5 Å². The summed E-state index contributed by atoms with van der Waals surface area (Å²) in [7, 11) is 2.71. The van der Waals surface area contributed by atoms with Crippen molar-refractivity contribution in [2.45, 2.75) is 6.92 Å². The quantitative estimate of drug-likeness (QED) is 0.513. The summed E-state index contributed by atoms with van der Waals surface area (Å²) < 4.78 is 9.61. The van der Waals surface area contributed by atoms with Gasteiger partial charge in [-0.15, -0.1) is 0 Å². The van der Waals surface area contributed by atoms with Crippen LogP contribution in [-0.2, 0) is 4.74 Å². The van der Waals surface area contributed by atoms with Crippen LogP contribution in [0.1, 0.15) is 16.1 Å². The molecule has 2 aromatic rings. The minimum absolute atomic E-state index is 0.126.